The van der Waals surface area contributed by atoms with E-state index in [1.807, 2.05) is 26.0 Å². The number of aryl methyl sites for hydroxylation is 1. The van der Waals surface area contributed by atoms with E-state index in [1.165, 1.54) is 25.9 Å². The third-order valence-corrected chi connectivity index (χ3v) is 6.96. The predicted molar refractivity (Wildman–Crippen MR) is 142 cm³/mol. The highest BCUT2D eigenvalue weighted by Crippen LogP contribution is 2.36. The van der Waals surface area contributed by atoms with E-state index in [0.29, 0.717) is 42.4 Å². The van der Waals surface area contributed by atoms with E-state index < -0.39 is 17.6 Å². The van der Waals surface area contributed by atoms with Crippen LogP contribution in [-0.4, -0.2) is 43.7 Å². The monoisotopic (exact) mass is 558 g/mol. The van der Waals surface area contributed by atoms with Crippen LogP contribution in [0.3, 0.4) is 0 Å². The van der Waals surface area contributed by atoms with Gasteiger partial charge in [-0.15, -0.1) is 11.6 Å². The van der Waals surface area contributed by atoms with E-state index >= 15 is 0 Å². The molecule has 0 radical (unpaired) electrons. The topological polar surface area (TPSA) is 77.9 Å². The first-order valence-corrected chi connectivity index (χ1v) is 13.5. The molecule has 37 heavy (non-hydrogen) atoms. The molecular weight excluding hydrogens is 525 g/mol. The first-order valence-electron chi connectivity index (χ1n) is 12.7. The Balaban J connectivity index is 0.000000195. The summed E-state index contributed by atoms with van der Waals surface area (Å²) in [6.07, 6.45) is 6.18. The van der Waals surface area contributed by atoms with Crippen molar-refractivity contribution in [2.75, 3.05) is 32.8 Å². The van der Waals surface area contributed by atoms with E-state index in [0.717, 1.165) is 36.1 Å². The average molecular weight is 559 g/mol. The number of hydrogen-bond donors (Lipinski definition) is 1. The number of amides is 1. The number of likely N-dealkylation sites (tertiary alicyclic amines) is 1. The minimum Gasteiger partial charge on any atom is -0.486 e. The van der Waals surface area contributed by atoms with Crippen molar-refractivity contribution in [3.63, 3.8) is 0 Å². The predicted octanol–water partition coefficient (Wildman–Crippen LogP) is 6.63. The number of allylic oxidation sites excluding steroid dienone is 1. The van der Waals surface area contributed by atoms with Gasteiger partial charge in [0.05, 0.1) is 5.38 Å². The number of nitrogens with zero attached hydrogens (tertiary/aromatic N) is 1. The van der Waals surface area contributed by atoms with E-state index in [1.54, 1.807) is 6.08 Å². The lowest BCUT2D eigenvalue weighted by atomic mass is 10.1. The first kappa shape index (κ1) is 29.3. The minimum absolute atomic E-state index is 0.0522. The molecule has 1 unspecified atom stereocenters. The molecule has 1 aliphatic carbocycles. The van der Waals surface area contributed by atoms with Crippen molar-refractivity contribution < 1.29 is 27.5 Å². The van der Waals surface area contributed by atoms with Crippen molar-refractivity contribution in [3.8, 4) is 11.5 Å². The molecule has 5 rings (SSSR count). The van der Waals surface area contributed by atoms with Gasteiger partial charge in [0.25, 0.3) is 5.91 Å². The third-order valence-electron chi connectivity index (χ3n) is 6.19. The van der Waals surface area contributed by atoms with Gasteiger partial charge in [-0.25, -0.2) is 0 Å². The maximum Gasteiger partial charge on any atom is 0.380 e. The summed E-state index contributed by atoms with van der Waals surface area (Å²) in [5.41, 5.74) is 6.21. The Hall–Kier alpha value is -2.29. The number of nitrogens with two attached hydrogens (primary N) is 1. The van der Waals surface area contributed by atoms with Crippen molar-refractivity contribution in [2.45, 2.75) is 57.3 Å². The van der Waals surface area contributed by atoms with Crippen LogP contribution in [0.4, 0.5) is 8.78 Å². The van der Waals surface area contributed by atoms with E-state index in [4.69, 9.17) is 37.1 Å². The molecule has 1 amide bonds. The van der Waals surface area contributed by atoms with Crippen LogP contribution in [0.15, 0.2) is 33.7 Å². The van der Waals surface area contributed by atoms with Crippen LogP contribution in [0.2, 0.25) is 0 Å². The molecule has 1 aromatic heterocycles. The highest BCUT2D eigenvalue weighted by Gasteiger charge is 2.43. The number of furan rings is 1. The number of carbonyl (C=O) groups excluding carboxylic acids is 1. The molecule has 204 valence electrons. The van der Waals surface area contributed by atoms with Crippen molar-refractivity contribution in [1.29, 1.82) is 0 Å². The number of benzene rings is 1. The molecule has 0 spiro atoms. The van der Waals surface area contributed by atoms with Crippen LogP contribution in [0.25, 0.3) is 6.08 Å². The number of alkyl halides is 3. The van der Waals surface area contributed by atoms with Crippen LogP contribution in [0, 0.1) is 0 Å². The summed E-state index contributed by atoms with van der Waals surface area (Å²) in [4.78, 5) is 13.1. The molecule has 2 N–H and O–H groups in total. The lowest BCUT2D eigenvalue weighted by Crippen LogP contribution is -2.32. The zero-order valence-corrected chi connectivity index (χ0v) is 22.7. The number of carbonyl (C=O) groups is 1. The quantitative estimate of drug-likeness (QED) is 0.402. The molecule has 1 fully saturated rings. The lowest BCUT2D eigenvalue weighted by molar-refractivity contribution is -0.145. The summed E-state index contributed by atoms with van der Waals surface area (Å²) in [7, 11) is 0. The summed E-state index contributed by atoms with van der Waals surface area (Å²) in [6.45, 7) is 8.79. The van der Waals surface area contributed by atoms with Gasteiger partial charge in [0.2, 0.25) is 0 Å². The molecule has 1 atom stereocenters. The molecule has 0 saturated carbocycles. The standard InChI is InChI=1S/C15H20ClNO2.C10H8ClF2NO2.C2H6/c16-13(5-8-17-6-1-2-7-17)12-3-4-14-15(11-12)19-10-9-18-14;11-6-1-2-7-5(3-6)4-8(16-7)10(12,13)9(14)15;1-2/h3-4,11,13H,1-2,5-10H2;3-4H,1-2H2,(H2,14,15);1-2H3. The number of primary amides is 1. The summed E-state index contributed by atoms with van der Waals surface area (Å²) >= 11 is 12.3. The van der Waals surface area contributed by atoms with Crippen LogP contribution >= 0.6 is 23.2 Å². The van der Waals surface area contributed by atoms with Gasteiger partial charge in [-0.1, -0.05) is 31.5 Å². The molecular formula is C27H34Cl2F2N2O4. The molecule has 0 bridgehead atoms. The third kappa shape index (κ3) is 7.62. The molecule has 1 aromatic carbocycles. The maximum atomic E-state index is 13.2. The first-order chi connectivity index (χ1) is 17.7. The zero-order chi connectivity index (χ0) is 27.0. The average Bonchev–Trinajstić information content (AvgIpc) is 3.58. The Labute approximate surface area is 226 Å². The maximum absolute atomic E-state index is 13.2. The second kappa shape index (κ2) is 13.5. The smallest absolute Gasteiger partial charge is 0.380 e. The van der Waals surface area contributed by atoms with Crippen LogP contribution in [0.1, 0.15) is 67.6 Å². The molecule has 6 nitrogen and oxygen atoms in total. The highest BCUT2D eigenvalue weighted by atomic mass is 35.5. The lowest BCUT2D eigenvalue weighted by Gasteiger charge is -2.21. The molecule has 1 saturated heterocycles. The van der Waals surface area contributed by atoms with Crippen LogP contribution < -0.4 is 15.2 Å². The number of rotatable bonds is 6. The Morgan fingerprint density at radius 2 is 1.78 bits per heavy atom. The van der Waals surface area contributed by atoms with Crippen molar-refractivity contribution >= 4 is 35.2 Å². The zero-order valence-electron chi connectivity index (χ0n) is 21.2. The fourth-order valence-corrected chi connectivity index (χ4v) is 4.68. The normalized spacial score (nSPS) is 17.4. The van der Waals surface area contributed by atoms with Crippen molar-refractivity contribution in [3.05, 3.63) is 51.9 Å². The van der Waals surface area contributed by atoms with Gasteiger partial charge in [0.1, 0.15) is 19.0 Å². The Morgan fingerprint density at radius 3 is 2.46 bits per heavy atom. The number of hydrogen-bond acceptors (Lipinski definition) is 5. The van der Waals surface area contributed by atoms with E-state index in [2.05, 4.69) is 16.7 Å². The molecule has 3 aliphatic rings. The highest BCUT2D eigenvalue weighted by molar-refractivity contribution is 6.31. The Bertz CT molecular complexity index is 1080. The van der Waals surface area contributed by atoms with Gasteiger partial charge in [0.15, 0.2) is 17.3 Å². The Morgan fingerprint density at radius 1 is 1.11 bits per heavy atom. The number of halogens is 4. The van der Waals surface area contributed by atoms with Crippen molar-refractivity contribution in [2.24, 2.45) is 5.73 Å². The Kier molecular flexibility index (Phi) is 10.7. The van der Waals surface area contributed by atoms with Gasteiger partial charge < -0.3 is 24.5 Å². The molecule has 2 aliphatic heterocycles. The summed E-state index contributed by atoms with van der Waals surface area (Å²) in [5.74, 6) is -4.17. The van der Waals surface area contributed by atoms with E-state index in [9.17, 15) is 13.6 Å². The minimum atomic E-state index is -3.78. The van der Waals surface area contributed by atoms with Gasteiger partial charge in [-0.3, -0.25) is 4.79 Å². The van der Waals surface area contributed by atoms with Gasteiger partial charge in [-0.05, 0) is 75.2 Å². The fourth-order valence-electron chi connectivity index (χ4n) is 4.23. The van der Waals surface area contributed by atoms with Gasteiger partial charge >= 0.3 is 5.92 Å². The SMILES string of the molecule is CC.ClC(CCN1CCCC1)c1ccc2c(c1)OCCO2.NC(=O)C(F)(F)c1cc2c(o1)CCC(Cl)=C2. The van der Waals surface area contributed by atoms with Crippen molar-refractivity contribution in [1.82, 2.24) is 4.90 Å². The molecule has 10 heteroatoms. The number of ether oxygens (including phenoxy) is 2. The number of fused-ring (bicyclic) bond motifs is 2. The second-order valence-corrected chi connectivity index (χ2v) is 9.74. The summed E-state index contributed by atoms with van der Waals surface area (Å²) in [6, 6.07) is 7.14. The second-order valence-electron chi connectivity index (χ2n) is 8.73. The van der Waals surface area contributed by atoms with Gasteiger partial charge in [0, 0.05) is 17.0 Å². The molecule has 2 aromatic rings. The van der Waals surface area contributed by atoms with Gasteiger partial charge in [-0.2, -0.15) is 8.78 Å². The fraction of sp³-hybridized carbons (Fsp3) is 0.519. The van der Waals surface area contributed by atoms with Crippen LogP contribution in [-0.2, 0) is 17.1 Å². The summed E-state index contributed by atoms with van der Waals surface area (Å²) < 4.78 is 42.5. The van der Waals surface area contributed by atoms with E-state index in [-0.39, 0.29) is 5.38 Å². The largest absolute Gasteiger partial charge is 0.486 e. The summed E-state index contributed by atoms with van der Waals surface area (Å²) in [5, 5.41) is 0.624. The van der Waals surface area contributed by atoms with Crippen LogP contribution in [0.5, 0.6) is 11.5 Å². The molecule has 3 heterocycles.